The molecule has 0 saturated heterocycles. The van der Waals surface area contributed by atoms with Crippen LogP contribution in [0.5, 0.6) is 11.5 Å². The molecule has 102 valence electrons. The van der Waals surface area contributed by atoms with Crippen LogP contribution in [0, 0.1) is 11.6 Å². The molecule has 0 aliphatic carbocycles. The Bertz CT molecular complexity index is 780. The van der Waals surface area contributed by atoms with Crippen LogP contribution in [-0.2, 0) is 0 Å². The summed E-state index contributed by atoms with van der Waals surface area (Å²) in [5.41, 5.74) is 5.17. The van der Waals surface area contributed by atoms with Crippen LogP contribution in [0.4, 0.5) is 14.5 Å². The lowest BCUT2D eigenvalue weighted by atomic mass is 10.2. The molecule has 0 atom stereocenters. The van der Waals surface area contributed by atoms with Crippen LogP contribution in [0.15, 0.2) is 30.6 Å². The highest BCUT2D eigenvalue weighted by Crippen LogP contribution is 2.34. The van der Waals surface area contributed by atoms with Crippen molar-refractivity contribution < 1.29 is 13.5 Å². The molecule has 2 heterocycles. The summed E-state index contributed by atoms with van der Waals surface area (Å²) in [5, 5.41) is 0.936. The normalized spacial score (nSPS) is 10.9. The summed E-state index contributed by atoms with van der Waals surface area (Å²) in [6.45, 7) is 0. The average molecular weight is 296 g/mol. The third-order valence-electron chi connectivity index (χ3n) is 2.77. The van der Waals surface area contributed by atoms with E-state index in [1.54, 1.807) is 12.3 Å². The van der Waals surface area contributed by atoms with Crippen LogP contribution in [-0.4, -0.2) is 9.97 Å². The topological polar surface area (TPSA) is 63.9 Å². The lowest BCUT2D eigenvalue weighted by Gasteiger charge is -2.08. The van der Waals surface area contributed by atoms with Crippen molar-refractivity contribution in [1.82, 2.24) is 9.97 Å². The Hall–Kier alpha value is -2.34. The number of nitrogens with one attached hydrogen (secondary N) is 1. The van der Waals surface area contributed by atoms with Crippen LogP contribution >= 0.6 is 11.6 Å². The number of nitrogen functional groups attached to an aromatic ring is 1. The Morgan fingerprint density at radius 1 is 1.25 bits per heavy atom. The number of H-pyrrole nitrogens is 1. The zero-order valence-electron chi connectivity index (χ0n) is 9.95. The smallest absolute Gasteiger partial charge is 0.152 e. The zero-order valence-corrected chi connectivity index (χ0v) is 10.7. The van der Waals surface area contributed by atoms with Crippen LogP contribution < -0.4 is 10.5 Å². The standard InChI is InChI=1S/C13H8ClF2N3O/c14-7-5-19-13-11(7)10(1-2-18-13)20-6-3-8(15)12(17)9(16)4-6/h1-5H,17H2,(H,18,19). The molecule has 20 heavy (non-hydrogen) atoms. The maximum absolute atomic E-state index is 13.4. The summed E-state index contributed by atoms with van der Waals surface area (Å²) in [6.07, 6.45) is 3.05. The van der Waals surface area contributed by atoms with Crippen molar-refractivity contribution >= 4 is 28.3 Å². The Morgan fingerprint density at radius 2 is 1.95 bits per heavy atom. The Labute approximate surface area is 117 Å². The quantitative estimate of drug-likeness (QED) is 0.705. The van der Waals surface area contributed by atoms with Gasteiger partial charge in [0.2, 0.25) is 0 Å². The molecule has 4 nitrogen and oxygen atoms in total. The molecular formula is C13H8ClF2N3O. The first kappa shape index (κ1) is 12.7. The molecule has 0 radical (unpaired) electrons. The van der Waals surface area contributed by atoms with Crippen molar-refractivity contribution in [2.24, 2.45) is 0 Å². The number of hydrogen-bond acceptors (Lipinski definition) is 3. The summed E-state index contributed by atoms with van der Waals surface area (Å²) in [6, 6.07) is 3.56. The van der Waals surface area contributed by atoms with Gasteiger partial charge in [-0.1, -0.05) is 11.6 Å². The lowest BCUT2D eigenvalue weighted by Crippen LogP contribution is -1.96. The molecule has 3 rings (SSSR count). The van der Waals surface area contributed by atoms with Crippen LogP contribution in [0.25, 0.3) is 11.0 Å². The van der Waals surface area contributed by atoms with E-state index in [9.17, 15) is 8.78 Å². The van der Waals surface area contributed by atoms with Crippen LogP contribution in [0.1, 0.15) is 0 Å². The van der Waals surface area contributed by atoms with E-state index in [0.717, 1.165) is 12.1 Å². The largest absolute Gasteiger partial charge is 0.456 e. The average Bonchev–Trinajstić information content (AvgIpc) is 2.79. The number of halogens is 3. The molecule has 0 saturated carbocycles. The van der Waals surface area contributed by atoms with E-state index in [1.807, 2.05) is 0 Å². The maximum Gasteiger partial charge on any atom is 0.152 e. The first-order valence-corrected chi connectivity index (χ1v) is 5.98. The number of hydrogen-bond donors (Lipinski definition) is 2. The van der Waals surface area contributed by atoms with E-state index >= 15 is 0 Å². The fourth-order valence-corrected chi connectivity index (χ4v) is 2.06. The second kappa shape index (κ2) is 4.64. The molecule has 2 aromatic heterocycles. The summed E-state index contributed by atoms with van der Waals surface area (Å²) in [4.78, 5) is 6.92. The van der Waals surface area contributed by atoms with Crippen molar-refractivity contribution in [3.63, 3.8) is 0 Å². The van der Waals surface area contributed by atoms with E-state index < -0.39 is 17.3 Å². The van der Waals surface area contributed by atoms with Gasteiger partial charge in [0.1, 0.15) is 22.8 Å². The van der Waals surface area contributed by atoms with Crippen molar-refractivity contribution in [1.29, 1.82) is 0 Å². The molecule has 0 unspecified atom stereocenters. The summed E-state index contributed by atoms with van der Waals surface area (Å²) < 4.78 is 32.2. The van der Waals surface area contributed by atoms with Gasteiger partial charge in [0.25, 0.3) is 0 Å². The van der Waals surface area contributed by atoms with Gasteiger partial charge in [0.05, 0.1) is 10.4 Å². The first-order valence-electron chi connectivity index (χ1n) is 5.60. The monoisotopic (exact) mass is 295 g/mol. The Balaban J connectivity index is 2.08. The molecule has 0 bridgehead atoms. The molecule has 0 fully saturated rings. The number of nitrogens with two attached hydrogens (primary N) is 1. The van der Waals surface area contributed by atoms with Crippen LogP contribution in [0.3, 0.4) is 0 Å². The van der Waals surface area contributed by atoms with Gasteiger partial charge >= 0.3 is 0 Å². The number of anilines is 1. The van der Waals surface area contributed by atoms with E-state index in [1.165, 1.54) is 6.20 Å². The minimum absolute atomic E-state index is 0.0148. The fourth-order valence-electron chi connectivity index (χ4n) is 1.82. The number of fused-ring (bicyclic) bond motifs is 1. The fraction of sp³-hybridized carbons (Fsp3) is 0. The predicted molar refractivity (Wildman–Crippen MR) is 71.9 cm³/mol. The van der Waals surface area contributed by atoms with Crippen molar-refractivity contribution in [2.75, 3.05) is 5.73 Å². The van der Waals surface area contributed by atoms with Gasteiger partial charge < -0.3 is 15.5 Å². The van der Waals surface area contributed by atoms with E-state index in [2.05, 4.69) is 9.97 Å². The number of rotatable bonds is 2. The molecule has 1 aromatic carbocycles. The first-order chi connectivity index (χ1) is 9.56. The highest BCUT2D eigenvalue weighted by atomic mass is 35.5. The number of nitrogens with zero attached hydrogens (tertiary/aromatic N) is 1. The second-order valence-corrected chi connectivity index (χ2v) is 4.48. The van der Waals surface area contributed by atoms with Gasteiger partial charge in [-0.2, -0.15) is 0 Å². The third kappa shape index (κ3) is 2.04. The van der Waals surface area contributed by atoms with Crippen LogP contribution in [0.2, 0.25) is 5.02 Å². The molecule has 0 aliphatic rings. The minimum Gasteiger partial charge on any atom is -0.456 e. The highest BCUT2D eigenvalue weighted by Gasteiger charge is 2.13. The minimum atomic E-state index is -0.884. The molecular weight excluding hydrogens is 288 g/mol. The van der Waals surface area contributed by atoms with Gasteiger partial charge in [-0.15, -0.1) is 0 Å². The highest BCUT2D eigenvalue weighted by molar-refractivity contribution is 6.36. The van der Waals surface area contributed by atoms with Gasteiger partial charge in [-0.05, 0) is 6.07 Å². The van der Waals surface area contributed by atoms with E-state index in [-0.39, 0.29) is 5.75 Å². The van der Waals surface area contributed by atoms with Crippen molar-refractivity contribution in [2.45, 2.75) is 0 Å². The summed E-state index contributed by atoms with van der Waals surface area (Å²) in [5.74, 6) is -1.44. The summed E-state index contributed by atoms with van der Waals surface area (Å²) in [7, 11) is 0. The van der Waals surface area contributed by atoms with E-state index in [4.69, 9.17) is 22.1 Å². The molecule has 3 aromatic rings. The molecule has 0 amide bonds. The van der Waals surface area contributed by atoms with Gasteiger partial charge in [-0.25, -0.2) is 13.8 Å². The third-order valence-corrected chi connectivity index (χ3v) is 3.07. The van der Waals surface area contributed by atoms with Crippen molar-refractivity contribution in [3.05, 3.63) is 47.2 Å². The number of ether oxygens (including phenoxy) is 1. The SMILES string of the molecule is Nc1c(F)cc(Oc2ccnc3[nH]cc(Cl)c23)cc1F. The van der Waals surface area contributed by atoms with Crippen molar-refractivity contribution in [3.8, 4) is 11.5 Å². The van der Waals surface area contributed by atoms with Gasteiger partial charge in [0, 0.05) is 24.5 Å². The maximum atomic E-state index is 13.4. The number of benzene rings is 1. The zero-order chi connectivity index (χ0) is 14.3. The lowest BCUT2D eigenvalue weighted by molar-refractivity contribution is 0.474. The molecule has 7 heteroatoms. The van der Waals surface area contributed by atoms with Gasteiger partial charge in [0.15, 0.2) is 11.6 Å². The number of aromatic nitrogens is 2. The molecule has 3 N–H and O–H groups in total. The second-order valence-electron chi connectivity index (χ2n) is 4.07. The van der Waals surface area contributed by atoms with Gasteiger partial charge in [-0.3, -0.25) is 0 Å². The molecule has 0 spiro atoms. The Kier molecular flexibility index (Phi) is 2.94. The van der Waals surface area contributed by atoms with E-state index in [0.29, 0.717) is 21.8 Å². The number of pyridine rings is 1. The molecule has 0 aliphatic heterocycles. The predicted octanol–water partition coefficient (Wildman–Crippen LogP) is 3.87. The number of aromatic amines is 1. The Morgan fingerprint density at radius 3 is 2.65 bits per heavy atom. The summed E-state index contributed by atoms with van der Waals surface area (Å²) >= 11 is 6.01.